The Balaban J connectivity index is 0.000000165. The molecule has 0 amide bonds. The van der Waals surface area contributed by atoms with Gasteiger partial charge in [-0.3, -0.25) is 0 Å². The van der Waals surface area contributed by atoms with E-state index in [4.69, 9.17) is 0 Å². The molecule has 2 aromatic rings. The monoisotopic (exact) mass is 229 g/mol. The Kier molecular flexibility index (Phi) is 6.04. The molecular formula is C14H19NSi. The van der Waals surface area contributed by atoms with E-state index in [9.17, 15) is 0 Å². The van der Waals surface area contributed by atoms with E-state index in [1.54, 1.807) is 0 Å². The standard InChI is InChI=1S/C8H11N.C6H8Si/c1-2-9-8-6-4-3-5-7-8;7-6-4-2-1-3-5-6/h3-7,9H,2H2,1H3;1-5H,7H3. The molecule has 84 valence electrons. The summed E-state index contributed by atoms with van der Waals surface area (Å²) < 4.78 is 0. The molecule has 0 aliphatic heterocycles. The van der Waals surface area contributed by atoms with Crippen LogP contribution in [0.25, 0.3) is 0 Å². The number of benzene rings is 2. The molecule has 0 atom stereocenters. The third-order valence-corrected chi connectivity index (χ3v) is 2.76. The van der Waals surface area contributed by atoms with E-state index in [-0.39, 0.29) is 0 Å². The van der Waals surface area contributed by atoms with Crippen LogP contribution >= 0.6 is 0 Å². The molecule has 16 heavy (non-hydrogen) atoms. The maximum Gasteiger partial charge on any atom is 0.0384 e. The Morgan fingerprint density at radius 1 is 0.875 bits per heavy atom. The molecule has 1 nitrogen and oxygen atoms in total. The van der Waals surface area contributed by atoms with Gasteiger partial charge >= 0.3 is 0 Å². The molecular weight excluding hydrogens is 210 g/mol. The highest BCUT2D eigenvalue weighted by molar-refractivity contribution is 6.32. The van der Waals surface area contributed by atoms with Gasteiger partial charge in [0, 0.05) is 22.5 Å². The van der Waals surface area contributed by atoms with Crippen molar-refractivity contribution in [2.45, 2.75) is 6.92 Å². The Morgan fingerprint density at radius 2 is 1.38 bits per heavy atom. The zero-order valence-electron chi connectivity index (χ0n) is 9.98. The quantitative estimate of drug-likeness (QED) is 0.774. The van der Waals surface area contributed by atoms with Crippen LogP contribution in [0.5, 0.6) is 0 Å². The lowest BCUT2D eigenvalue weighted by Gasteiger charge is -1.99. The molecule has 0 radical (unpaired) electrons. The molecule has 2 aromatic carbocycles. The fraction of sp³-hybridized carbons (Fsp3) is 0.143. The lowest BCUT2D eigenvalue weighted by molar-refractivity contribution is 1.21. The van der Waals surface area contributed by atoms with Crippen molar-refractivity contribution in [2.24, 2.45) is 0 Å². The summed E-state index contributed by atoms with van der Waals surface area (Å²) in [4.78, 5) is 0. The zero-order valence-corrected chi connectivity index (χ0v) is 12.0. The molecule has 0 bridgehead atoms. The summed E-state index contributed by atoms with van der Waals surface area (Å²) in [5.41, 5.74) is 1.19. The zero-order chi connectivity index (χ0) is 11.6. The maximum atomic E-state index is 3.21. The minimum atomic E-state index is 0.990. The summed E-state index contributed by atoms with van der Waals surface area (Å²) in [6.07, 6.45) is 0. The van der Waals surface area contributed by atoms with E-state index >= 15 is 0 Å². The summed E-state index contributed by atoms with van der Waals surface area (Å²) in [5.74, 6) is 0. The van der Waals surface area contributed by atoms with Gasteiger partial charge < -0.3 is 5.32 Å². The molecule has 0 aliphatic carbocycles. The number of hydrogen-bond donors (Lipinski definition) is 1. The number of anilines is 1. The van der Waals surface area contributed by atoms with E-state index in [1.165, 1.54) is 21.1 Å². The highest BCUT2D eigenvalue weighted by Crippen LogP contribution is 2.02. The van der Waals surface area contributed by atoms with Crippen molar-refractivity contribution < 1.29 is 0 Å². The fourth-order valence-electron chi connectivity index (χ4n) is 1.29. The van der Waals surface area contributed by atoms with Gasteiger partial charge in [-0.15, -0.1) is 0 Å². The normalized spacial score (nSPS) is 9.06. The fourth-order valence-corrected chi connectivity index (χ4v) is 1.68. The first-order valence-corrected chi connectivity index (χ1v) is 6.63. The van der Waals surface area contributed by atoms with Crippen molar-refractivity contribution in [3.63, 3.8) is 0 Å². The molecule has 0 fully saturated rings. The topological polar surface area (TPSA) is 12.0 Å². The predicted molar refractivity (Wildman–Crippen MR) is 76.6 cm³/mol. The third kappa shape index (κ3) is 5.37. The third-order valence-electron chi connectivity index (χ3n) is 2.10. The molecule has 0 saturated carbocycles. The maximum absolute atomic E-state index is 3.21. The van der Waals surface area contributed by atoms with Crippen molar-refractivity contribution in [3.05, 3.63) is 60.7 Å². The van der Waals surface area contributed by atoms with Gasteiger partial charge in [0.15, 0.2) is 0 Å². The Hall–Kier alpha value is -1.54. The molecule has 0 heterocycles. The van der Waals surface area contributed by atoms with Crippen LogP contribution in [0, 0.1) is 0 Å². The average molecular weight is 229 g/mol. The largest absolute Gasteiger partial charge is 0.385 e. The van der Waals surface area contributed by atoms with E-state index in [1.807, 2.05) is 24.3 Å². The van der Waals surface area contributed by atoms with E-state index in [0.717, 1.165) is 6.54 Å². The van der Waals surface area contributed by atoms with E-state index < -0.39 is 0 Å². The van der Waals surface area contributed by atoms with Crippen molar-refractivity contribution >= 4 is 21.1 Å². The van der Waals surface area contributed by atoms with Gasteiger partial charge in [0.1, 0.15) is 0 Å². The number of nitrogens with one attached hydrogen (secondary N) is 1. The van der Waals surface area contributed by atoms with Gasteiger partial charge in [-0.2, -0.15) is 0 Å². The van der Waals surface area contributed by atoms with Crippen LogP contribution in [0.4, 0.5) is 5.69 Å². The van der Waals surface area contributed by atoms with Crippen LogP contribution in [0.15, 0.2) is 60.7 Å². The summed E-state index contributed by atoms with van der Waals surface area (Å²) in [7, 11) is 1.17. The summed E-state index contributed by atoms with van der Waals surface area (Å²) in [6.45, 7) is 3.08. The van der Waals surface area contributed by atoms with Gasteiger partial charge in [0.25, 0.3) is 0 Å². The lowest BCUT2D eigenvalue weighted by Crippen LogP contribution is -1.97. The molecule has 2 heteroatoms. The molecule has 2 rings (SSSR count). The first kappa shape index (κ1) is 12.5. The van der Waals surface area contributed by atoms with Gasteiger partial charge in [0.2, 0.25) is 0 Å². The van der Waals surface area contributed by atoms with Crippen LogP contribution in [-0.4, -0.2) is 16.8 Å². The smallest absolute Gasteiger partial charge is 0.0384 e. The minimum Gasteiger partial charge on any atom is -0.385 e. The molecule has 0 spiro atoms. The molecule has 0 aromatic heterocycles. The number of hydrogen-bond acceptors (Lipinski definition) is 1. The Bertz CT molecular complexity index is 372. The second-order valence-electron chi connectivity index (χ2n) is 3.55. The summed E-state index contributed by atoms with van der Waals surface area (Å²) >= 11 is 0. The van der Waals surface area contributed by atoms with Crippen molar-refractivity contribution in [1.82, 2.24) is 0 Å². The molecule has 0 aliphatic rings. The molecule has 0 saturated heterocycles. The second-order valence-corrected chi connectivity index (χ2v) is 4.71. The minimum absolute atomic E-state index is 0.990. The average Bonchev–Trinajstić information content (AvgIpc) is 2.33. The summed E-state index contributed by atoms with van der Waals surface area (Å²) in [6, 6.07) is 20.7. The van der Waals surface area contributed by atoms with Gasteiger partial charge in [0.05, 0.1) is 0 Å². The lowest BCUT2D eigenvalue weighted by atomic mass is 10.3. The van der Waals surface area contributed by atoms with Crippen molar-refractivity contribution in [1.29, 1.82) is 0 Å². The van der Waals surface area contributed by atoms with E-state index in [2.05, 4.69) is 48.6 Å². The van der Waals surface area contributed by atoms with Gasteiger partial charge in [-0.1, -0.05) is 53.7 Å². The highest BCUT2D eigenvalue weighted by Gasteiger charge is 1.81. The number of rotatable bonds is 2. The molecule has 0 unspecified atom stereocenters. The Morgan fingerprint density at radius 3 is 1.75 bits per heavy atom. The second kappa shape index (κ2) is 7.71. The first-order chi connectivity index (χ1) is 7.83. The molecule has 1 N–H and O–H groups in total. The summed E-state index contributed by atoms with van der Waals surface area (Å²) in [5, 5.41) is 4.67. The van der Waals surface area contributed by atoms with Crippen molar-refractivity contribution in [2.75, 3.05) is 11.9 Å². The van der Waals surface area contributed by atoms with Crippen LogP contribution < -0.4 is 10.5 Å². The van der Waals surface area contributed by atoms with Crippen LogP contribution in [-0.2, 0) is 0 Å². The van der Waals surface area contributed by atoms with Gasteiger partial charge in [-0.25, -0.2) is 0 Å². The SMILES string of the molecule is CCNc1ccccc1.[SiH3]c1ccccc1. The van der Waals surface area contributed by atoms with Crippen LogP contribution in [0.3, 0.4) is 0 Å². The van der Waals surface area contributed by atoms with Gasteiger partial charge in [-0.05, 0) is 19.1 Å². The number of para-hydroxylation sites is 1. The van der Waals surface area contributed by atoms with E-state index in [0.29, 0.717) is 0 Å². The van der Waals surface area contributed by atoms with Crippen LogP contribution in [0.2, 0.25) is 0 Å². The van der Waals surface area contributed by atoms with Crippen LogP contribution in [0.1, 0.15) is 6.92 Å². The first-order valence-electron chi connectivity index (χ1n) is 5.63. The highest BCUT2D eigenvalue weighted by atomic mass is 28.1. The van der Waals surface area contributed by atoms with Crippen molar-refractivity contribution in [3.8, 4) is 0 Å². The predicted octanol–water partition coefficient (Wildman–Crippen LogP) is 1.80. The Labute approximate surface area is 101 Å².